The van der Waals surface area contributed by atoms with Crippen molar-refractivity contribution in [1.29, 1.82) is 0 Å². The van der Waals surface area contributed by atoms with Crippen molar-refractivity contribution in [2.75, 3.05) is 6.61 Å². The summed E-state index contributed by atoms with van der Waals surface area (Å²) < 4.78 is 14.4. The number of imidazole rings is 1. The Morgan fingerprint density at radius 1 is 1.53 bits per heavy atom. The molecule has 0 aromatic carbocycles. The maximum atomic E-state index is 5.82. The van der Waals surface area contributed by atoms with Gasteiger partial charge >= 0.3 is 0 Å². The molecular weight excluding hydrogens is 310 g/mol. The Hall–Kier alpha value is -0.980. The zero-order valence-corrected chi connectivity index (χ0v) is 12.8. The van der Waals surface area contributed by atoms with Crippen molar-refractivity contribution in [3.05, 3.63) is 22.6 Å². The van der Waals surface area contributed by atoms with Gasteiger partial charge in [-0.3, -0.25) is 0 Å². The van der Waals surface area contributed by atoms with Crippen molar-refractivity contribution >= 4 is 27.1 Å². The number of pyridine rings is 1. The number of ether oxygens (including phenoxy) is 2. The number of halogens is 1. The van der Waals surface area contributed by atoms with E-state index in [1.807, 2.05) is 31.4 Å². The highest BCUT2D eigenvalue weighted by Crippen LogP contribution is 2.25. The number of rotatable bonds is 2. The monoisotopic (exact) mass is 325 g/mol. The zero-order valence-electron chi connectivity index (χ0n) is 11.2. The van der Waals surface area contributed by atoms with Gasteiger partial charge in [-0.2, -0.15) is 0 Å². The molecule has 5 nitrogen and oxygen atoms in total. The highest BCUT2D eigenvalue weighted by molar-refractivity contribution is 9.10. The zero-order chi connectivity index (χ0) is 13.6. The first-order chi connectivity index (χ1) is 8.94. The second-order valence-electron chi connectivity index (χ2n) is 5.25. The summed E-state index contributed by atoms with van der Waals surface area (Å²) in [5, 5.41) is 0. The number of aryl methyl sites for hydroxylation is 1. The quantitative estimate of drug-likeness (QED) is 0.851. The van der Waals surface area contributed by atoms with Crippen molar-refractivity contribution in [1.82, 2.24) is 14.5 Å². The van der Waals surface area contributed by atoms with E-state index >= 15 is 0 Å². The fraction of sp³-hybridized carbons (Fsp3) is 0.538. The minimum atomic E-state index is -0.493. The van der Waals surface area contributed by atoms with E-state index < -0.39 is 5.79 Å². The number of hydrogen-bond donors (Lipinski definition) is 0. The van der Waals surface area contributed by atoms with Crippen molar-refractivity contribution in [3.8, 4) is 0 Å². The van der Waals surface area contributed by atoms with Crippen LogP contribution in [0, 0.1) is 6.92 Å². The van der Waals surface area contributed by atoms with E-state index in [1.54, 1.807) is 6.33 Å². The molecule has 6 heteroatoms. The van der Waals surface area contributed by atoms with Crippen LogP contribution in [-0.2, 0) is 16.0 Å². The number of aromatic nitrogens is 3. The fourth-order valence-electron chi connectivity index (χ4n) is 2.26. The lowest BCUT2D eigenvalue weighted by Crippen LogP contribution is -2.24. The Labute approximate surface area is 120 Å². The molecule has 1 aliphatic rings. The highest BCUT2D eigenvalue weighted by Gasteiger charge is 2.33. The minimum absolute atomic E-state index is 0.0400. The van der Waals surface area contributed by atoms with E-state index in [-0.39, 0.29) is 6.10 Å². The van der Waals surface area contributed by atoms with Crippen LogP contribution in [0.5, 0.6) is 0 Å². The SMILES string of the molecule is Cc1nc2c(cc1Br)ncn2C[C@@H]1COC(C)(C)O1. The van der Waals surface area contributed by atoms with Crippen LogP contribution >= 0.6 is 15.9 Å². The van der Waals surface area contributed by atoms with E-state index in [9.17, 15) is 0 Å². The average molecular weight is 326 g/mol. The molecule has 0 aliphatic carbocycles. The Kier molecular flexibility index (Phi) is 3.11. The predicted octanol–water partition coefficient (Wildman–Crippen LogP) is 2.65. The van der Waals surface area contributed by atoms with Gasteiger partial charge in [-0.15, -0.1) is 0 Å². The van der Waals surface area contributed by atoms with Gasteiger partial charge in [0, 0.05) is 4.47 Å². The molecule has 3 heterocycles. The number of nitrogens with zero attached hydrogens (tertiary/aromatic N) is 3. The third kappa shape index (κ3) is 2.52. The van der Waals surface area contributed by atoms with E-state index in [0.717, 1.165) is 21.3 Å². The predicted molar refractivity (Wildman–Crippen MR) is 74.9 cm³/mol. The Morgan fingerprint density at radius 2 is 2.32 bits per heavy atom. The van der Waals surface area contributed by atoms with Crippen LogP contribution in [0.1, 0.15) is 19.5 Å². The summed E-state index contributed by atoms with van der Waals surface area (Å²) in [5.74, 6) is -0.493. The van der Waals surface area contributed by atoms with Gasteiger partial charge in [0.2, 0.25) is 0 Å². The molecule has 19 heavy (non-hydrogen) atoms. The van der Waals surface area contributed by atoms with Crippen LogP contribution in [0.4, 0.5) is 0 Å². The van der Waals surface area contributed by atoms with Gasteiger partial charge in [0.15, 0.2) is 11.4 Å². The second-order valence-corrected chi connectivity index (χ2v) is 6.10. The van der Waals surface area contributed by atoms with Crippen molar-refractivity contribution in [3.63, 3.8) is 0 Å². The summed E-state index contributed by atoms with van der Waals surface area (Å²) >= 11 is 3.47. The highest BCUT2D eigenvalue weighted by atomic mass is 79.9. The lowest BCUT2D eigenvalue weighted by Gasteiger charge is -2.17. The van der Waals surface area contributed by atoms with Crippen LogP contribution in [0.25, 0.3) is 11.2 Å². The van der Waals surface area contributed by atoms with Crippen LogP contribution in [0.15, 0.2) is 16.9 Å². The third-order valence-electron chi connectivity index (χ3n) is 3.19. The summed E-state index contributed by atoms with van der Waals surface area (Å²) in [7, 11) is 0. The van der Waals surface area contributed by atoms with Crippen molar-refractivity contribution in [2.24, 2.45) is 0 Å². The van der Waals surface area contributed by atoms with Gasteiger partial charge in [0.1, 0.15) is 11.6 Å². The van der Waals surface area contributed by atoms with E-state index in [2.05, 4.69) is 25.9 Å². The number of hydrogen-bond acceptors (Lipinski definition) is 4. The molecule has 3 rings (SSSR count). The van der Waals surface area contributed by atoms with Gasteiger partial charge in [0.25, 0.3) is 0 Å². The van der Waals surface area contributed by atoms with Crippen molar-refractivity contribution < 1.29 is 9.47 Å². The van der Waals surface area contributed by atoms with E-state index in [0.29, 0.717) is 13.2 Å². The molecule has 2 aromatic heterocycles. The molecular formula is C13H16BrN3O2. The molecule has 1 atom stereocenters. The molecule has 0 bridgehead atoms. The summed E-state index contributed by atoms with van der Waals surface area (Å²) in [6.45, 7) is 7.13. The van der Waals surface area contributed by atoms with Gasteiger partial charge in [-0.1, -0.05) is 0 Å². The molecule has 1 fully saturated rings. The average Bonchev–Trinajstić information content (AvgIpc) is 2.85. The lowest BCUT2D eigenvalue weighted by molar-refractivity contribution is -0.139. The maximum absolute atomic E-state index is 5.82. The molecule has 1 saturated heterocycles. The summed E-state index contributed by atoms with van der Waals surface area (Å²) in [6, 6.07) is 1.99. The van der Waals surface area contributed by atoms with Crippen LogP contribution in [0.3, 0.4) is 0 Å². The normalized spacial score (nSPS) is 22.2. The van der Waals surface area contributed by atoms with Crippen LogP contribution in [-0.4, -0.2) is 33.0 Å². The Balaban J connectivity index is 1.88. The van der Waals surface area contributed by atoms with Crippen molar-refractivity contribution in [2.45, 2.75) is 39.2 Å². The summed E-state index contributed by atoms with van der Waals surface area (Å²) in [5.41, 5.74) is 2.72. The van der Waals surface area contributed by atoms with Gasteiger partial charge in [-0.25, -0.2) is 9.97 Å². The first kappa shape index (κ1) is 13.0. The lowest BCUT2D eigenvalue weighted by atomic mass is 10.3. The van der Waals surface area contributed by atoms with Crippen LogP contribution < -0.4 is 0 Å². The molecule has 0 spiro atoms. The van der Waals surface area contributed by atoms with Crippen LogP contribution in [0.2, 0.25) is 0 Å². The smallest absolute Gasteiger partial charge is 0.163 e. The molecule has 102 valence electrons. The van der Waals surface area contributed by atoms with E-state index in [1.165, 1.54) is 0 Å². The molecule has 0 amide bonds. The summed E-state index contributed by atoms with van der Waals surface area (Å²) in [6.07, 6.45) is 1.84. The first-order valence-electron chi connectivity index (χ1n) is 6.24. The Morgan fingerprint density at radius 3 is 3.00 bits per heavy atom. The second kappa shape index (κ2) is 4.54. The summed E-state index contributed by atoms with van der Waals surface area (Å²) in [4.78, 5) is 8.94. The molecule has 0 saturated carbocycles. The van der Waals surface area contributed by atoms with Gasteiger partial charge in [0.05, 0.1) is 25.2 Å². The van der Waals surface area contributed by atoms with E-state index in [4.69, 9.17) is 9.47 Å². The molecule has 2 aromatic rings. The number of fused-ring (bicyclic) bond motifs is 1. The minimum Gasteiger partial charge on any atom is -0.348 e. The molecule has 1 aliphatic heterocycles. The topological polar surface area (TPSA) is 49.2 Å². The van der Waals surface area contributed by atoms with Gasteiger partial charge in [-0.05, 0) is 42.8 Å². The Bertz CT molecular complexity index is 624. The largest absolute Gasteiger partial charge is 0.348 e. The molecule has 0 radical (unpaired) electrons. The van der Waals surface area contributed by atoms with Gasteiger partial charge < -0.3 is 14.0 Å². The molecule has 0 unspecified atom stereocenters. The molecule has 0 N–H and O–H groups in total. The fourth-order valence-corrected chi connectivity index (χ4v) is 2.56. The first-order valence-corrected chi connectivity index (χ1v) is 7.04. The standard InChI is InChI=1S/C13H16BrN3O2/c1-8-10(14)4-11-12(16-8)17(7-15-11)5-9-6-18-13(2,3)19-9/h4,7,9H,5-6H2,1-3H3/t9-/m1/s1. The third-order valence-corrected chi connectivity index (χ3v) is 3.99. The maximum Gasteiger partial charge on any atom is 0.163 e.